The molecule has 0 aliphatic carbocycles. The first kappa shape index (κ1) is 13.8. The van der Waals surface area contributed by atoms with Gasteiger partial charge < -0.3 is 5.73 Å². The molecule has 0 spiro atoms. The lowest BCUT2D eigenvalue weighted by atomic mass is 9.85. The Morgan fingerprint density at radius 3 is 2.37 bits per heavy atom. The molecule has 0 amide bonds. The fourth-order valence-electron chi connectivity index (χ4n) is 2.36. The van der Waals surface area contributed by atoms with Crippen molar-refractivity contribution in [2.24, 2.45) is 5.73 Å². The number of nitrogens with two attached hydrogens (primary N) is 1. The molecule has 0 radical (unpaired) electrons. The van der Waals surface area contributed by atoms with E-state index < -0.39 is 5.54 Å². The maximum Gasteiger partial charge on any atom is 0.128 e. The van der Waals surface area contributed by atoms with Crippen LogP contribution >= 0.6 is 0 Å². The SMILES string of the molecule is Cc1ccc(CC(C)(N)c2ccccc2F)cc1C. The first-order valence-electron chi connectivity index (χ1n) is 6.50. The fourth-order valence-corrected chi connectivity index (χ4v) is 2.36. The Morgan fingerprint density at radius 2 is 1.74 bits per heavy atom. The summed E-state index contributed by atoms with van der Waals surface area (Å²) >= 11 is 0. The Labute approximate surface area is 114 Å². The summed E-state index contributed by atoms with van der Waals surface area (Å²) in [6.45, 7) is 6.04. The van der Waals surface area contributed by atoms with Crippen molar-refractivity contribution in [3.8, 4) is 0 Å². The Kier molecular flexibility index (Phi) is 3.72. The number of aryl methyl sites for hydroxylation is 2. The van der Waals surface area contributed by atoms with Gasteiger partial charge in [0.1, 0.15) is 5.82 Å². The van der Waals surface area contributed by atoms with Crippen molar-refractivity contribution in [2.75, 3.05) is 0 Å². The van der Waals surface area contributed by atoms with E-state index in [4.69, 9.17) is 5.73 Å². The highest BCUT2D eigenvalue weighted by molar-refractivity contribution is 5.33. The highest BCUT2D eigenvalue weighted by atomic mass is 19.1. The van der Waals surface area contributed by atoms with E-state index in [1.807, 2.05) is 13.0 Å². The minimum absolute atomic E-state index is 0.240. The molecule has 1 unspecified atom stereocenters. The van der Waals surface area contributed by atoms with Crippen molar-refractivity contribution in [2.45, 2.75) is 32.7 Å². The molecule has 0 aliphatic heterocycles. The average Bonchev–Trinajstić information content (AvgIpc) is 2.34. The maximum atomic E-state index is 13.9. The fraction of sp³-hybridized carbons (Fsp3) is 0.294. The lowest BCUT2D eigenvalue weighted by Crippen LogP contribution is -2.36. The van der Waals surface area contributed by atoms with E-state index in [1.54, 1.807) is 12.1 Å². The van der Waals surface area contributed by atoms with E-state index in [9.17, 15) is 4.39 Å². The van der Waals surface area contributed by atoms with Crippen molar-refractivity contribution in [1.29, 1.82) is 0 Å². The smallest absolute Gasteiger partial charge is 0.128 e. The molecule has 0 saturated carbocycles. The molecule has 0 heterocycles. The Morgan fingerprint density at radius 1 is 1.05 bits per heavy atom. The van der Waals surface area contributed by atoms with Crippen LogP contribution in [0.25, 0.3) is 0 Å². The third-order valence-electron chi connectivity index (χ3n) is 3.63. The topological polar surface area (TPSA) is 26.0 Å². The molecule has 2 aromatic rings. The van der Waals surface area contributed by atoms with Gasteiger partial charge in [-0.05, 0) is 49.9 Å². The van der Waals surface area contributed by atoms with Gasteiger partial charge in [-0.1, -0.05) is 36.4 Å². The summed E-state index contributed by atoms with van der Waals surface area (Å²) in [6, 6.07) is 13.0. The van der Waals surface area contributed by atoms with Gasteiger partial charge in [-0.25, -0.2) is 4.39 Å². The zero-order valence-corrected chi connectivity index (χ0v) is 11.7. The van der Waals surface area contributed by atoms with Gasteiger partial charge in [0, 0.05) is 11.1 Å². The molecule has 2 heteroatoms. The first-order chi connectivity index (χ1) is 8.90. The summed E-state index contributed by atoms with van der Waals surface area (Å²) in [4.78, 5) is 0. The van der Waals surface area contributed by atoms with Crippen molar-refractivity contribution in [3.63, 3.8) is 0 Å². The van der Waals surface area contributed by atoms with E-state index in [-0.39, 0.29) is 5.82 Å². The number of halogens is 1. The summed E-state index contributed by atoms with van der Waals surface area (Å²) in [6.07, 6.45) is 0.620. The summed E-state index contributed by atoms with van der Waals surface area (Å²) < 4.78 is 13.9. The van der Waals surface area contributed by atoms with E-state index in [1.165, 1.54) is 17.2 Å². The molecule has 0 saturated heterocycles. The first-order valence-corrected chi connectivity index (χ1v) is 6.50. The highest BCUT2D eigenvalue weighted by Gasteiger charge is 2.24. The second-order valence-electron chi connectivity index (χ2n) is 5.49. The standard InChI is InChI=1S/C17H20FN/c1-12-8-9-14(10-13(12)2)11-17(3,19)15-6-4-5-7-16(15)18/h4-10H,11,19H2,1-3H3. The van der Waals surface area contributed by atoms with Crippen molar-refractivity contribution >= 4 is 0 Å². The average molecular weight is 257 g/mol. The van der Waals surface area contributed by atoms with Gasteiger partial charge >= 0.3 is 0 Å². The lowest BCUT2D eigenvalue weighted by Gasteiger charge is -2.26. The van der Waals surface area contributed by atoms with Gasteiger partial charge in [0.05, 0.1) is 0 Å². The minimum Gasteiger partial charge on any atom is -0.321 e. The largest absolute Gasteiger partial charge is 0.321 e. The van der Waals surface area contributed by atoms with Crippen LogP contribution in [-0.4, -0.2) is 0 Å². The van der Waals surface area contributed by atoms with Crippen molar-refractivity contribution in [1.82, 2.24) is 0 Å². The van der Waals surface area contributed by atoms with E-state index >= 15 is 0 Å². The van der Waals surface area contributed by atoms with Gasteiger partial charge in [-0.2, -0.15) is 0 Å². The maximum absolute atomic E-state index is 13.9. The zero-order chi connectivity index (χ0) is 14.0. The summed E-state index contributed by atoms with van der Waals surface area (Å²) in [7, 11) is 0. The van der Waals surface area contributed by atoms with Crippen LogP contribution in [0.3, 0.4) is 0 Å². The molecule has 2 aromatic carbocycles. The second kappa shape index (κ2) is 5.14. The van der Waals surface area contributed by atoms with Crippen LogP contribution in [0.2, 0.25) is 0 Å². The van der Waals surface area contributed by atoms with Crippen LogP contribution in [0.4, 0.5) is 4.39 Å². The highest BCUT2D eigenvalue weighted by Crippen LogP contribution is 2.25. The molecule has 2 rings (SSSR count). The molecule has 0 aromatic heterocycles. The van der Waals surface area contributed by atoms with Gasteiger partial charge in [-0.3, -0.25) is 0 Å². The second-order valence-corrected chi connectivity index (χ2v) is 5.49. The van der Waals surface area contributed by atoms with Crippen molar-refractivity contribution in [3.05, 3.63) is 70.5 Å². The number of rotatable bonds is 3. The van der Waals surface area contributed by atoms with Crippen LogP contribution in [-0.2, 0) is 12.0 Å². The monoisotopic (exact) mass is 257 g/mol. The van der Waals surface area contributed by atoms with Gasteiger partial charge in [0.25, 0.3) is 0 Å². The quantitative estimate of drug-likeness (QED) is 0.887. The van der Waals surface area contributed by atoms with Crippen LogP contribution in [0, 0.1) is 19.7 Å². The predicted molar refractivity (Wildman–Crippen MR) is 77.6 cm³/mol. The number of hydrogen-bond donors (Lipinski definition) is 1. The molecule has 19 heavy (non-hydrogen) atoms. The Balaban J connectivity index is 2.31. The molecular weight excluding hydrogens is 237 g/mol. The van der Waals surface area contributed by atoms with E-state index in [0.717, 1.165) is 5.56 Å². The third-order valence-corrected chi connectivity index (χ3v) is 3.63. The van der Waals surface area contributed by atoms with Crippen LogP contribution in [0.15, 0.2) is 42.5 Å². The van der Waals surface area contributed by atoms with Gasteiger partial charge in [0.2, 0.25) is 0 Å². The molecule has 0 aliphatic rings. The molecular formula is C17H20FN. The van der Waals surface area contributed by atoms with Crippen LogP contribution < -0.4 is 5.73 Å². The zero-order valence-electron chi connectivity index (χ0n) is 11.7. The molecule has 100 valence electrons. The van der Waals surface area contributed by atoms with E-state index in [0.29, 0.717) is 12.0 Å². The molecule has 1 nitrogen and oxygen atoms in total. The lowest BCUT2D eigenvalue weighted by molar-refractivity contribution is 0.457. The van der Waals surface area contributed by atoms with Gasteiger partial charge in [-0.15, -0.1) is 0 Å². The number of benzene rings is 2. The Hall–Kier alpha value is -1.67. The van der Waals surface area contributed by atoms with Crippen LogP contribution in [0.1, 0.15) is 29.2 Å². The normalized spacial score (nSPS) is 14.2. The molecule has 0 bridgehead atoms. The predicted octanol–water partition coefficient (Wildman–Crippen LogP) is 3.86. The molecule has 0 fully saturated rings. The molecule has 2 N–H and O–H groups in total. The summed E-state index contributed by atoms with van der Waals surface area (Å²) in [5, 5.41) is 0. The van der Waals surface area contributed by atoms with Gasteiger partial charge in [0.15, 0.2) is 0 Å². The third kappa shape index (κ3) is 3.02. The van der Waals surface area contributed by atoms with Crippen LogP contribution in [0.5, 0.6) is 0 Å². The summed E-state index contributed by atoms with van der Waals surface area (Å²) in [5.41, 5.74) is 9.81. The van der Waals surface area contributed by atoms with Crippen molar-refractivity contribution < 1.29 is 4.39 Å². The molecule has 1 atom stereocenters. The minimum atomic E-state index is -0.701. The summed E-state index contributed by atoms with van der Waals surface area (Å²) in [5.74, 6) is -0.240. The number of hydrogen-bond acceptors (Lipinski definition) is 1. The Bertz CT molecular complexity index is 588. The van der Waals surface area contributed by atoms with E-state index in [2.05, 4.69) is 32.0 Å².